The van der Waals surface area contributed by atoms with Crippen molar-refractivity contribution in [3.8, 4) is 55.6 Å². The van der Waals surface area contributed by atoms with Gasteiger partial charge in [0, 0.05) is 0 Å². The van der Waals surface area contributed by atoms with Crippen LogP contribution >= 0.6 is 0 Å². The molecule has 6 aromatic rings. The molecule has 0 heteroatoms. The van der Waals surface area contributed by atoms with Crippen molar-refractivity contribution in [1.29, 1.82) is 0 Å². The van der Waals surface area contributed by atoms with Gasteiger partial charge in [-0.2, -0.15) is 0 Å². The summed E-state index contributed by atoms with van der Waals surface area (Å²) in [6.07, 6.45) is 6.87. The van der Waals surface area contributed by atoms with Gasteiger partial charge in [0.1, 0.15) is 0 Å². The first kappa shape index (κ1) is 26.2. The van der Waals surface area contributed by atoms with E-state index in [4.69, 9.17) is 0 Å². The van der Waals surface area contributed by atoms with E-state index >= 15 is 0 Å². The van der Waals surface area contributed by atoms with Crippen molar-refractivity contribution in [3.63, 3.8) is 0 Å². The van der Waals surface area contributed by atoms with Gasteiger partial charge in [-0.15, -0.1) is 0 Å². The molecule has 7 rings (SSSR count). The molecule has 0 heterocycles. The van der Waals surface area contributed by atoms with E-state index in [0.29, 0.717) is 0 Å². The van der Waals surface area contributed by atoms with Gasteiger partial charge in [0.05, 0.1) is 0 Å². The van der Waals surface area contributed by atoms with Crippen LogP contribution in [0.3, 0.4) is 0 Å². The maximum Gasteiger partial charge on any atom is -0.0162 e. The van der Waals surface area contributed by atoms with Gasteiger partial charge in [0.15, 0.2) is 0 Å². The zero-order chi connectivity index (χ0) is 28.1. The molecule has 42 heavy (non-hydrogen) atoms. The van der Waals surface area contributed by atoms with E-state index < -0.39 is 0 Å². The molecular weight excluding hydrogens is 504 g/mol. The lowest BCUT2D eigenvalue weighted by molar-refractivity contribution is 0.443. The Kier molecular flexibility index (Phi) is 7.53. The van der Waals surface area contributed by atoms with E-state index in [2.05, 4.69) is 152 Å². The summed E-state index contributed by atoms with van der Waals surface area (Å²) in [7, 11) is 0. The smallest absolute Gasteiger partial charge is 0.0162 e. The van der Waals surface area contributed by atoms with Crippen LogP contribution in [0, 0.1) is 0 Å². The van der Waals surface area contributed by atoms with Gasteiger partial charge >= 0.3 is 0 Å². The zero-order valence-corrected chi connectivity index (χ0v) is 24.0. The topological polar surface area (TPSA) is 0 Å². The lowest BCUT2D eigenvalue weighted by atomic mass is 9.83. The number of benzene rings is 6. The molecule has 0 radical (unpaired) electrons. The van der Waals surface area contributed by atoms with Crippen LogP contribution in [0.15, 0.2) is 152 Å². The van der Waals surface area contributed by atoms with E-state index in [-0.39, 0.29) is 0 Å². The first-order chi connectivity index (χ1) is 20.8. The lowest BCUT2D eigenvalue weighted by Gasteiger charge is -2.22. The normalized spacial score (nSPS) is 13.6. The Balaban J connectivity index is 1.02. The summed E-state index contributed by atoms with van der Waals surface area (Å²) in [5, 5.41) is 0. The van der Waals surface area contributed by atoms with Gasteiger partial charge in [0.25, 0.3) is 0 Å². The molecular formula is C42H36. The van der Waals surface area contributed by atoms with E-state index in [1.807, 2.05) is 0 Å². The largest absolute Gasteiger partial charge is 0.0622 e. The summed E-state index contributed by atoms with van der Waals surface area (Å²) in [5.41, 5.74) is 14.0. The van der Waals surface area contributed by atoms with Crippen molar-refractivity contribution in [2.24, 2.45) is 0 Å². The molecule has 1 fully saturated rings. The Morgan fingerprint density at radius 3 is 0.833 bits per heavy atom. The molecule has 0 nitrogen and oxygen atoms in total. The minimum absolute atomic E-state index is 0.758. The fourth-order valence-corrected chi connectivity index (χ4v) is 6.43. The van der Waals surface area contributed by atoms with Crippen molar-refractivity contribution in [2.45, 2.75) is 38.0 Å². The van der Waals surface area contributed by atoms with Crippen LogP contribution < -0.4 is 0 Å². The van der Waals surface area contributed by atoms with Gasteiger partial charge < -0.3 is 0 Å². The molecule has 0 aliphatic heterocycles. The van der Waals surface area contributed by atoms with Gasteiger partial charge in [-0.1, -0.05) is 171 Å². The predicted molar refractivity (Wildman–Crippen MR) is 179 cm³/mol. The molecule has 0 spiro atoms. The lowest BCUT2D eigenvalue weighted by Crippen LogP contribution is -2.04. The van der Waals surface area contributed by atoms with Gasteiger partial charge in [-0.05, 0) is 80.0 Å². The van der Waals surface area contributed by atoms with Crippen LogP contribution in [-0.2, 0) is 0 Å². The Bertz CT molecular complexity index is 1720. The molecule has 0 amide bonds. The first-order valence-electron chi connectivity index (χ1n) is 15.4. The summed E-state index contributed by atoms with van der Waals surface area (Å²) in [6, 6.07) is 55.5. The van der Waals surface area contributed by atoms with Crippen molar-refractivity contribution >= 4 is 0 Å². The minimum atomic E-state index is 0.758. The van der Waals surface area contributed by atoms with Crippen LogP contribution in [-0.4, -0.2) is 0 Å². The summed E-state index contributed by atoms with van der Waals surface area (Å²) >= 11 is 0. The summed E-state index contributed by atoms with van der Waals surface area (Å²) in [5.74, 6) is 0.758. The van der Waals surface area contributed by atoms with Crippen LogP contribution in [0.5, 0.6) is 0 Å². The fraction of sp³-hybridized carbons (Fsp3) is 0.143. The first-order valence-corrected chi connectivity index (χ1v) is 15.4. The molecule has 0 aromatic heterocycles. The molecule has 0 atom stereocenters. The number of hydrogen-bond donors (Lipinski definition) is 0. The molecule has 0 N–H and O–H groups in total. The molecule has 1 aliphatic carbocycles. The van der Waals surface area contributed by atoms with E-state index in [9.17, 15) is 0 Å². The fourth-order valence-electron chi connectivity index (χ4n) is 6.43. The maximum absolute atomic E-state index is 2.35. The van der Waals surface area contributed by atoms with E-state index in [1.54, 1.807) is 0 Å². The SMILES string of the molecule is c1ccc(-c2ccc(-c3ccc(-c4ccc(-c5ccc(-c6ccc(C7CCCCC7)cc6)cc5)cc4)cc3)cc2)cc1. The van der Waals surface area contributed by atoms with Crippen LogP contribution in [0.25, 0.3) is 55.6 Å². The number of rotatable bonds is 6. The third-order valence-electron chi connectivity index (χ3n) is 8.97. The Morgan fingerprint density at radius 1 is 0.262 bits per heavy atom. The van der Waals surface area contributed by atoms with Gasteiger partial charge in [0.2, 0.25) is 0 Å². The molecule has 1 aliphatic rings. The molecule has 204 valence electrons. The van der Waals surface area contributed by atoms with Crippen molar-refractivity contribution < 1.29 is 0 Å². The van der Waals surface area contributed by atoms with E-state index in [0.717, 1.165) is 5.92 Å². The quantitative estimate of drug-likeness (QED) is 0.197. The molecule has 1 saturated carbocycles. The van der Waals surface area contributed by atoms with Crippen molar-refractivity contribution in [3.05, 3.63) is 157 Å². The predicted octanol–water partition coefficient (Wildman–Crippen LogP) is 12.1. The highest BCUT2D eigenvalue weighted by Gasteiger charge is 2.15. The van der Waals surface area contributed by atoms with Gasteiger partial charge in [-0.3, -0.25) is 0 Å². The third-order valence-corrected chi connectivity index (χ3v) is 8.97. The third kappa shape index (κ3) is 5.71. The summed E-state index contributed by atoms with van der Waals surface area (Å²) in [6.45, 7) is 0. The average Bonchev–Trinajstić information content (AvgIpc) is 3.09. The molecule has 6 aromatic carbocycles. The highest BCUT2D eigenvalue weighted by Crippen LogP contribution is 2.34. The second kappa shape index (κ2) is 12.0. The maximum atomic E-state index is 2.35. The standard InChI is InChI=1S/C42H36/c1-3-7-31(8-4-1)33-11-15-35(16-12-33)37-19-23-39(24-20-37)41-27-29-42(30-28-41)40-25-21-38(22-26-40)36-17-13-34(14-18-36)32-9-5-2-6-10-32/h1,3-4,7-8,11-30,32H,2,5-6,9-10H2. The number of hydrogen-bond acceptors (Lipinski definition) is 0. The average molecular weight is 541 g/mol. The molecule has 0 unspecified atom stereocenters. The summed E-state index contributed by atoms with van der Waals surface area (Å²) < 4.78 is 0. The highest BCUT2D eigenvalue weighted by atomic mass is 14.2. The molecule has 0 bridgehead atoms. The van der Waals surface area contributed by atoms with Crippen LogP contribution in [0.4, 0.5) is 0 Å². The van der Waals surface area contributed by atoms with Crippen molar-refractivity contribution in [2.75, 3.05) is 0 Å². The Labute approximate surface area is 250 Å². The minimum Gasteiger partial charge on any atom is -0.0622 e. The monoisotopic (exact) mass is 540 g/mol. The van der Waals surface area contributed by atoms with Crippen LogP contribution in [0.2, 0.25) is 0 Å². The second-order valence-corrected chi connectivity index (χ2v) is 11.6. The highest BCUT2D eigenvalue weighted by molar-refractivity contribution is 5.76. The van der Waals surface area contributed by atoms with Crippen LogP contribution in [0.1, 0.15) is 43.6 Å². The molecule has 0 saturated heterocycles. The Hall–Kier alpha value is -4.68. The second-order valence-electron chi connectivity index (χ2n) is 11.6. The summed E-state index contributed by atoms with van der Waals surface area (Å²) in [4.78, 5) is 0. The van der Waals surface area contributed by atoms with E-state index in [1.165, 1.54) is 93.3 Å². The Morgan fingerprint density at radius 2 is 0.524 bits per heavy atom. The van der Waals surface area contributed by atoms with Gasteiger partial charge in [-0.25, -0.2) is 0 Å². The zero-order valence-electron chi connectivity index (χ0n) is 24.0. The van der Waals surface area contributed by atoms with Crippen molar-refractivity contribution in [1.82, 2.24) is 0 Å².